The maximum absolute atomic E-state index is 11.5. The molecule has 8 heteroatoms. The molecule has 1 saturated heterocycles. The van der Waals surface area contributed by atoms with Gasteiger partial charge in [-0.25, -0.2) is 9.79 Å². The molecule has 0 bridgehead atoms. The molecule has 1 amide bonds. The van der Waals surface area contributed by atoms with Crippen molar-refractivity contribution in [1.29, 1.82) is 0 Å². The highest BCUT2D eigenvalue weighted by molar-refractivity contribution is 7.97. The summed E-state index contributed by atoms with van der Waals surface area (Å²) < 4.78 is 7.41. The number of amides is 1. The minimum Gasteiger partial charge on any atom is -0.383 e. The molecule has 2 aromatic rings. The molecule has 0 aliphatic carbocycles. The Kier molecular flexibility index (Phi) is 9.15. The molecule has 2 aliphatic rings. The smallest absolute Gasteiger partial charge is 0.270 e. The van der Waals surface area contributed by atoms with Crippen molar-refractivity contribution >= 4 is 17.9 Å². The number of rotatable bonds is 9. The zero-order chi connectivity index (χ0) is 23.8. The molecule has 0 atom stereocenters. The zero-order valence-corrected chi connectivity index (χ0v) is 20.6. The van der Waals surface area contributed by atoms with Gasteiger partial charge in [0.15, 0.2) is 0 Å². The van der Waals surface area contributed by atoms with E-state index in [-0.39, 0.29) is 0 Å². The number of benzene rings is 2. The van der Waals surface area contributed by atoms with Crippen LogP contribution in [0, 0.1) is 0 Å². The van der Waals surface area contributed by atoms with Gasteiger partial charge in [-0.3, -0.25) is 19.8 Å². The normalized spacial score (nSPS) is 18.0. The topological polar surface area (TPSA) is 68.3 Å². The second-order valence-corrected chi connectivity index (χ2v) is 9.90. The van der Waals surface area contributed by atoms with Crippen molar-refractivity contribution in [1.82, 2.24) is 19.6 Å². The van der Waals surface area contributed by atoms with E-state index in [4.69, 9.17) is 9.94 Å². The summed E-state index contributed by atoms with van der Waals surface area (Å²) in [6, 6.07) is 17.6. The van der Waals surface area contributed by atoms with Crippen LogP contribution in [0.15, 0.2) is 65.1 Å². The Labute approximate surface area is 206 Å². The third-order valence-electron chi connectivity index (χ3n) is 6.42. The predicted octanol–water partition coefficient (Wildman–Crippen LogP) is 3.26. The Morgan fingerprint density at radius 3 is 2.21 bits per heavy atom. The zero-order valence-electron chi connectivity index (χ0n) is 19.8. The van der Waals surface area contributed by atoms with E-state index in [0.29, 0.717) is 18.5 Å². The van der Waals surface area contributed by atoms with E-state index in [1.54, 1.807) is 24.5 Å². The Hall–Kier alpha value is -2.20. The molecule has 1 fully saturated rings. The first-order valence-corrected chi connectivity index (χ1v) is 12.6. The average Bonchev–Trinajstić information content (AvgIpc) is 2.89. The number of methoxy groups -OCH3 is 1. The molecular formula is C26H34N4O3S. The van der Waals surface area contributed by atoms with Gasteiger partial charge in [0, 0.05) is 69.9 Å². The van der Waals surface area contributed by atoms with Gasteiger partial charge in [-0.15, -0.1) is 0 Å². The quantitative estimate of drug-likeness (QED) is 0.323. The van der Waals surface area contributed by atoms with Crippen molar-refractivity contribution in [3.05, 3.63) is 65.7 Å². The Balaban J connectivity index is 1.26. The fourth-order valence-electron chi connectivity index (χ4n) is 4.32. The molecule has 4 rings (SSSR count). The van der Waals surface area contributed by atoms with Crippen LogP contribution in [0.2, 0.25) is 0 Å². The average molecular weight is 483 g/mol. The number of carbonyl (C=O) groups is 1. The molecule has 2 aliphatic heterocycles. The first-order valence-electron chi connectivity index (χ1n) is 11.8. The van der Waals surface area contributed by atoms with Crippen LogP contribution < -0.4 is 5.48 Å². The van der Waals surface area contributed by atoms with Crippen LogP contribution in [0.4, 0.5) is 0 Å². The third kappa shape index (κ3) is 6.91. The number of carbonyl (C=O) groups excluding carboxylic acids is 1. The minimum absolute atomic E-state index is 0.402. The SMILES string of the molecule is COCCN1CCN(Cc2ccc(-c3ccc(SN4CC=C(C(=O)NO)CC4)cc3)cc2)CC1. The summed E-state index contributed by atoms with van der Waals surface area (Å²) in [5, 5.41) is 8.76. The summed E-state index contributed by atoms with van der Waals surface area (Å²) in [6.07, 6.45) is 2.51. The standard InChI is InChI=1S/C26H34N4O3S/c1-33-19-18-28-14-16-29(17-15-28)20-21-2-4-22(5-3-21)23-6-8-25(9-7-23)34-30-12-10-24(11-13-30)26(31)27-32/h2-10,32H,11-20H2,1H3,(H,27,31). The summed E-state index contributed by atoms with van der Waals surface area (Å²) in [4.78, 5) is 17.7. The molecule has 0 spiro atoms. The summed E-state index contributed by atoms with van der Waals surface area (Å²) in [7, 11) is 1.76. The van der Waals surface area contributed by atoms with E-state index in [1.807, 2.05) is 6.08 Å². The summed E-state index contributed by atoms with van der Waals surface area (Å²) >= 11 is 1.69. The van der Waals surface area contributed by atoms with E-state index in [2.05, 4.69) is 62.6 Å². The molecule has 2 N–H and O–H groups in total. The summed E-state index contributed by atoms with van der Waals surface area (Å²) in [5.74, 6) is -0.402. The van der Waals surface area contributed by atoms with Crippen LogP contribution in [-0.2, 0) is 16.1 Å². The minimum atomic E-state index is -0.402. The van der Waals surface area contributed by atoms with Gasteiger partial charge in [-0.1, -0.05) is 42.5 Å². The van der Waals surface area contributed by atoms with Crippen LogP contribution in [0.3, 0.4) is 0 Å². The third-order valence-corrected chi connectivity index (χ3v) is 7.50. The summed E-state index contributed by atoms with van der Waals surface area (Å²) in [6.45, 7) is 8.71. The Bertz CT molecular complexity index is 957. The molecule has 7 nitrogen and oxygen atoms in total. The highest BCUT2D eigenvalue weighted by Gasteiger charge is 2.18. The van der Waals surface area contributed by atoms with Crippen LogP contribution in [0.25, 0.3) is 11.1 Å². The largest absolute Gasteiger partial charge is 0.383 e. The number of hydrogen-bond acceptors (Lipinski definition) is 7. The van der Waals surface area contributed by atoms with Crippen LogP contribution in [0.5, 0.6) is 0 Å². The number of nitrogens with zero attached hydrogens (tertiary/aromatic N) is 3. The van der Waals surface area contributed by atoms with Crippen molar-refractivity contribution in [2.75, 3.05) is 59.5 Å². The van der Waals surface area contributed by atoms with Gasteiger partial charge in [-0.05, 0) is 47.2 Å². The second kappa shape index (κ2) is 12.5. The lowest BCUT2D eigenvalue weighted by Crippen LogP contribution is -2.46. The van der Waals surface area contributed by atoms with Crippen molar-refractivity contribution in [3.8, 4) is 11.1 Å². The molecule has 0 aromatic heterocycles. The van der Waals surface area contributed by atoms with E-state index in [1.165, 1.54) is 21.6 Å². The number of piperazine rings is 1. The van der Waals surface area contributed by atoms with Crippen LogP contribution in [-0.4, -0.2) is 84.7 Å². The van der Waals surface area contributed by atoms with Gasteiger partial charge in [0.25, 0.3) is 5.91 Å². The van der Waals surface area contributed by atoms with Gasteiger partial charge < -0.3 is 4.74 Å². The molecule has 182 valence electrons. The molecule has 2 aromatic carbocycles. The van der Waals surface area contributed by atoms with E-state index >= 15 is 0 Å². The lowest BCUT2D eigenvalue weighted by Gasteiger charge is -2.34. The van der Waals surface area contributed by atoms with Gasteiger partial charge in [0.1, 0.15) is 0 Å². The lowest BCUT2D eigenvalue weighted by molar-refractivity contribution is -0.125. The van der Waals surface area contributed by atoms with E-state index in [9.17, 15) is 4.79 Å². The molecule has 34 heavy (non-hydrogen) atoms. The lowest BCUT2D eigenvalue weighted by atomic mass is 10.0. The fraction of sp³-hybridized carbons (Fsp3) is 0.423. The van der Waals surface area contributed by atoms with Gasteiger partial charge in [0.2, 0.25) is 0 Å². The molecule has 0 radical (unpaired) electrons. The second-order valence-electron chi connectivity index (χ2n) is 8.73. The van der Waals surface area contributed by atoms with Gasteiger partial charge in [0.05, 0.1) is 6.61 Å². The van der Waals surface area contributed by atoms with Crippen molar-refractivity contribution in [2.24, 2.45) is 0 Å². The monoisotopic (exact) mass is 482 g/mol. The number of hydrogen-bond donors (Lipinski definition) is 2. The maximum Gasteiger partial charge on any atom is 0.270 e. The number of nitrogens with one attached hydrogen (secondary N) is 1. The van der Waals surface area contributed by atoms with Crippen LogP contribution >= 0.6 is 11.9 Å². The maximum atomic E-state index is 11.5. The number of hydroxylamine groups is 1. The molecule has 2 heterocycles. The molecule has 0 unspecified atom stereocenters. The van der Waals surface area contributed by atoms with E-state index < -0.39 is 5.91 Å². The molecule has 0 saturated carbocycles. The van der Waals surface area contributed by atoms with Crippen molar-refractivity contribution in [2.45, 2.75) is 17.9 Å². The fourth-order valence-corrected chi connectivity index (χ4v) is 5.21. The Morgan fingerprint density at radius 2 is 1.62 bits per heavy atom. The Morgan fingerprint density at radius 1 is 0.971 bits per heavy atom. The highest BCUT2D eigenvalue weighted by Crippen LogP contribution is 2.29. The highest BCUT2D eigenvalue weighted by atomic mass is 32.2. The predicted molar refractivity (Wildman–Crippen MR) is 136 cm³/mol. The van der Waals surface area contributed by atoms with Gasteiger partial charge >= 0.3 is 0 Å². The van der Waals surface area contributed by atoms with Crippen molar-refractivity contribution < 1.29 is 14.7 Å². The first kappa shape index (κ1) is 24.9. The molecular weight excluding hydrogens is 448 g/mol. The van der Waals surface area contributed by atoms with Crippen LogP contribution in [0.1, 0.15) is 12.0 Å². The van der Waals surface area contributed by atoms with E-state index in [0.717, 1.165) is 52.4 Å². The van der Waals surface area contributed by atoms with Gasteiger partial charge in [-0.2, -0.15) is 0 Å². The number of ether oxygens (including phenoxy) is 1. The van der Waals surface area contributed by atoms with Crippen molar-refractivity contribution in [3.63, 3.8) is 0 Å². The summed E-state index contributed by atoms with van der Waals surface area (Å²) in [5.41, 5.74) is 6.15. The first-order chi connectivity index (χ1) is 16.6.